The van der Waals surface area contributed by atoms with Crippen LogP contribution in [0.1, 0.15) is 31.9 Å². The summed E-state index contributed by atoms with van der Waals surface area (Å²) in [5.74, 6) is 1.56. The Morgan fingerprint density at radius 1 is 1.40 bits per heavy atom. The summed E-state index contributed by atoms with van der Waals surface area (Å²) in [5.41, 5.74) is 2.60. The fourth-order valence-electron chi connectivity index (χ4n) is 2.51. The summed E-state index contributed by atoms with van der Waals surface area (Å²) < 4.78 is 12.6. The largest absolute Gasteiger partial charge is 0.369 e. The maximum atomic E-state index is 11.5. The predicted octanol–water partition coefficient (Wildman–Crippen LogP) is 3.08. The lowest BCUT2D eigenvalue weighted by Gasteiger charge is -2.32. The van der Waals surface area contributed by atoms with Crippen molar-refractivity contribution in [2.75, 3.05) is 36.0 Å². The van der Waals surface area contributed by atoms with Crippen LogP contribution in [0.5, 0.6) is 0 Å². The molecule has 1 aliphatic rings. The van der Waals surface area contributed by atoms with Gasteiger partial charge >= 0.3 is 0 Å². The Hall–Kier alpha value is -0.390. The van der Waals surface area contributed by atoms with Crippen LogP contribution in [-0.2, 0) is 10.8 Å². The molecule has 1 atom stereocenters. The Balaban J connectivity index is 2.21. The third kappa shape index (κ3) is 4.06. The van der Waals surface area contributed by atoms with E-state index in [1.165, 1.54) is 11.3 Å². The lowest BCUT2D eigenvalue weighted by molar-refractivity contribution is 0.569. The van der Waals surface area contributed by atoms with E-state index in [0.717, 1.165) is 42.0 Å². The number of nitrogens with one attached hydrogen (secondary N) is 1. The first-order valence-corrected chi connectivity index (χ1v) is 9.52. The molecule has 2 rings (SSSR count). The molecule has 1 fully saturated rings. The van der Waals surface area contributed by atoms with E-state index in [4.69, 9.17) is 0 Å². The fourth-order valence-corrected chi connectivity index (χ4v) is 3.91. The molecule has 0 radical (unpaired) electrons. The minimum atomic E-state index is -0.631. The lowest BCUT2D eigenvalue weighted by Crippen LogP contribution is -2.38. The van der Waals surface area contributed by atoms with Gasteiger partial charge in [0, 0.05) is 51.6 Å². The smallest absolute Gasteiger partial charge is 0.0426 e. The third-order valence-electron chi connectivity index (χ3n) is 3.68. The van der Waals surface area contributed by atoms with E-state index in [-0.39, 0.29) is 0 Å². The average Bonchev–Trinajstić information content (AvgIpc) is 2.45. The summed E-state index contributed by atoms with van der Waals surface area (Å²) in [6.45, 7) is 7.19. The minimum Gasteiger partial charge on any atom is -0.369 e. The molecule has 1 saturated heterocycles. The van der Waals surface area contributed by atoms with Crippen LogP contribution >= 0.6 is 15.9 Å². The van der Waals surface area contributed by atoms with Crippen LogP contribution in [0, 0.1) is 0 Å². The quantitative estimate of drug-likeness (QED) is 0.877. The van der Waals surface area contributed by atoms with E-state index >= 15 is 0 Å². The molecule has 0 spiro atoms. The first-order chi connectivity index (χ1) is 9.61. The van der Waals surface area contributed by atoms with E-state index in [2.05, 4.69) is 58.2 Å². The van der Waals surface area contributed by atoms with Crippen molar-refractivity contribution in [1.82, 2.24) is 5.32 Å². The third-order valence-corrected chi connectivity index (χ3v) is 5.45. The van der Waals surface area contributed by atoms with Crippen LogP contribution in [0.15, 0.2) is 22.7 Å². The van der Waals surface area contributed by atoms with E-state index in [0.29, 0.717) is 6.04 Å². The maximum Gasteiger partial charge on any atom is 0.0426 e. The number of nitrogens with zero attached hydrogens (tertiary/aromatic N) is 1. The Kier molecular flexibility index (Phi) is 6.05. The summed E-state index contributed by atoms with van der Waals surface area (Å²) in [5, 5.41) is 3.55. The van der Waals surface area contributed by atoms with Crippen LogP contribution < -0.4 is 10.2 Å². The maximum absolute atomic E-state index is 11.5. The first-order valence-electron chi connectivity index (χ1n) is 7.24. The van der Waals surface area contributed by atoms with E-state index in [1.807, 2.05) is 0 Å². The summed E-state index contributed by atoms with van der Waals surface area (Å²) in [4.78, 5) is 2.37. The summed E-state index contributed by atoms with van der Waals surface area (Å²) >= 11 is 3.57. The van der Waals surface area contributed by atoms with Gasteiger partial charge in [0.25, 0.3) is 0 Å². The molecule has 0 aromatic heterocycles. The SMILES string of the molecule is CCCNC(C)c1ccc(Br)cc1N1CCS(=O)CC1. The molecule has 0 saturated carbocycles. The molecule has 1 unspecified atom stereocenters. The number of benzene rings is 1. The Bertz CT molecular complexity index is 471. The molecule has 0 bridgehead atoms. The summed E-state index contributed by atoms with van der Waals surface area (Å²) in [6, 6.07) is 6.82. The van der Waals surface area contributed by atoms with E-state index in [9.17, 15) is 4.21 Å². The molecule has 5 heteroatoms. The molecule has 0 amide bonds. The highest BCUT2D eigenvalue weighted by molar-refractivity contribution is 9.10. The van der Waals surface area contributed by atoms with Crippen molar-refractivity contribution < 1.29 is 4.21 Å². The second kappa shape index (κ2) is 7.57. The summed E-state index contributed by atoms with van der Waals surface area (Å²) in [6.07, 6.45) is 1.14. The van der Waals surface area contributed by atoms with E-state index < -0.39 is 10.8 Å². The van der Waals surface area contributed by atoms with Crippen molar-refractivity contribution in [2.24, 2.45) is 0 Å². The molecule has 1 heterocycles. The minimum absolute atomic E-state index is 0.338. The number of rotatable bonds is 5. The van der Waals surface area contributed by atoms with Gasteiger partial charge in [0.2, 0.25) is 0 Å². The van der Waals surface area contributed by atoms with E-state index in [1.54, 1.807) is 0 Å². The van der Waals surface area contributed by atoms with Gasteiger partial charge in [-0.05, 0) is 37.6 Å². The molecule has 1 aromatic rings. The van der Waals surface area contributed by atoms with Gasteiger partial charge in [-0.15, -0.1) is 0 Å². The number of hydrogen-bond donors (Lipinski definition) is 1. The fraction of sp³-hybridized carbons (Fsp3) is 0.600. The molecule has 0 aliphatic carbocycles. The molecule has 112 valence electrons. The Morgan fingerprint density at radius 3 is 2.75 bits per heavy atom. The van der Waals surface area contributed by atoms with Crippen molar-refractivity contribution in [2.45, 2.75) is 26.3 Å². The van der Waals surface area contributed by atoms with Crippen molar-refractivity contribution in [3.8, 4) is 0 Å². The zero-order valence-electron chi connectivity index (χ0n) is 12.2. The average molecular weight is 359 g/mol. The standard InChI is InChI=1S/C15H23BrN2OS/c1-3-6-17-12(2)14-5-4-13(16)11-15(14)18-7-9-20(19)10-8-18/h4-5,11-12,17H,3,6-10H2,1-2H3. The van der Waals surface area contributed by atoms with Crippen molar-refractivity contribution in [3.05, 3.63) is 28.2 Å². The van der Waals surface area contributed by atoms with Gasteiger partial charge in [-0.25, -0.2) is 0 Å². The number of anilines is 1. The molecular weight excluding hydrogens is 336 g/mol. The van der Waals surface area contributed by atoms with Crippen molar-refractivity contribution in [1.29, 1.82) is 0 Å². The second-order valence-electron chi connectivity index (χ2n) is 5.21. The first kappa shape index (κ1) is 16.0. The molecule has 1 aliphatic heterocycles. The van der Waals surface area contributed by atoms with Gasteiger partial charge in [-0.3, -0.25) is 4.21 Å². The second-order valence-corrected chi connectivity index (χ2v) is 7.83. The zero-order chi connectivity index (χ0) is 14.5. The van der Waals surface area contributed by atoms with Crippen LogP contribution in [0.4, 0.5) is 5.69 Å². The van der Waals surface area contributed by atoms with Gasteiger partial charge in [-0.2, -0.15) is 0 Å². The van der Waals surface area contributed by atoms with Gasteiger partial charge < -0.3 is 10.2 Å². The van der Waals surface area contributed by atoms with Gasteiger partial charge in [0.1, 0.15) is 0 Å². The van der Waals surface area contributed by atoms with Crippen molar-refractivity contribution in [3.63, 3.8) is 0 Å². The molecular formula is C15H23BrN2OS. The Morgan fingerprint density at radius 2 is 2.10 bits per heavy atom. The van der Waals surface area contributed by atoms with Crippen molar-refractivity contribution >= 4 is 32.4 Å². The zero-order valence-corrected chi connectivity index (χ0v) is 14.6. The molecule has 1 N–H and O–H groups in total. The van der Waals surface area contributed by atoms with Crippen LogP contribution in [0.2, 0.25) is 0 Å². The van der Waals surface area contributed by atoms with Gasteiger partial charge in [-0.1, -0.05) is 28.9 Å². The molecule has 20 heavy (non-hydrogen) atoms. The highest BCUT2D eigenvalue weighted by Gasteiger charge is 2.20. The lowest BCUT2D eigenvalue weighted by atomic mass is 10.0. The van der Waals surface area contributed by atoms with Gasteiger partial charge in [0.05, 0.1) is 0 Å². The highest BCUT2D eigenvalue weighted by atomic mass is 79.9. The molecule has 3 nitrogen and oxygen atoms in total. The van der Waals surface area contributed by atoms with Crippen LogP contribution in [-0.4, -0.2) is 35.3 Å². The topological polar surface area (TPSA) is 32.3 Å². The predicted molar refractivity (Wildman–Crippen MR) is 90.9 cm³/mol. The molecule has 1 aromatic carbocycles. The highest BCUT2D eigenvalue weighted by Crippen LogP contribution is 2.30. The summed E-state index contributed by atoms with van der Waals surface area (Å²) in [7, 11) is -0.631. The van der Waals surface area contributed by atoms with Gasteiger partial charge in [0.15, 0.2) is 0 Å². The van der Waals surface area contributed by atoms with Crippen LogP contribution in [0.3, 0.4) is 0 Å². The normalized spacial score (nSPS) is 18.2. The number of halogens is 1. The Labute approximate surface area is 132 Å². The number of hydrogen-bond acceptors (Lipinski definition) is 3. The monoisotopic (exact) mass is 358 g/mol. The van der Waals surface area contributed by atoms with Crippen LogP contribution in [0.25, 0.3) is 0 Å².